The highest BCUT2D eigenvalue weighted by Gasteiger charge is 2.16. The number of benzene rings is 1. The fourth-order valence-electron chi connectivity index (χ4n) is 1.95. The summed E-state index contributed by atoms with van der Waals surface area (Å²) >= 11 is 6.08. The van der Waals surface area contributed by atoms with Crippen molar-refractivity contribution in [1.29, 1.82) is 0 Å². The van der Waals surface area contributed by atoms with Gasteiger partial charge in [-0.2, -0.15) is 5.10 Å². The standard InChI is InChI=1S/C14H15ClN4O3/c1-3-18-8-12(15)13(16-18)9-17(2)14(20)10-4-6-11(7-5-10)19(21)22/h4-8H,3,9H2,1-2H3. The number of amides is 1. The molecule has 0 spiro atoms. The maximum atomic E-state index is 12.3. The van der Waals surface area contributed by atoms with E-state index in [2.05, 4.69) is 5.10 Å². The van der Waals surface area contributed by atoms with Crippen molar-refractivity contribution in [1.82, 2.24) is 14.7 Å². The van der Waals surface area contributed by atoms with Crippen LogP contribution in [0.25, 0.3) is 0 Å². The quantitative estimate of drug-likeness (QED) is 0.626. The summed E-state index contributed by atoms with van der Waals surface area (Å²) in [6, 6.07) is 5.48. The van der Waals surface area contributed by atoms with Gasteiger partial charge in [-0.25, -0.2) is 0 Å². The number of halogens is 1. The van der Waals surface area contributed by atoms with Crippen LogP contribution in [-0.2, 0) is 13.1 Å². The van der Waals surface area contributed by atoms with Crippen LogP contribution in [0.5, 0.6) is 0 Å². The maximum Gasteiger partial charge on any atom is 0.269 e. The third-order valence-corrected chi connectivity index (χ3v) is 3.49. The SMILES string of the molecule is CCn1cc(Cl)c(CN(C)C(=O)c2ccc([N+](=O)[O-])cc2)n1. The molecule has 22 heavy (non-hydrogen) atoms. The predicted molar refractivity (Wildman–Crippen MR) is 81.8 cm³/mol. The second-order valence-corrected chi connectivity index (χ2v) is 5.15. The van der Waals surface area contributed by atoms with Crippen LogP contribution >= 0.6 is 11.6 Å². The molecular formula is C14H15ClN4O3. The first-order valence-electron chi connectivity index (χ1n) is 6.64. The molecule has 0 radical (unpaired) electrons. The van der Waals surface area contributed by atoms with Crippen molar-refractivity contribution < 1.29 is 9.72 Å². The topological polar surface area (TPSA) is 81.3 Å². The van der Waals surface area contributed by atoms with E-state index in [9.17, 15) is 14.9 Å². The minimum atomic E-state index is -0.505. The van der Waals surface area contributed by atoms with Crippen LogP contribution in [0.1, 0.15) is 23.0 Å². The number of hydrogen-bond donors (Lipinski definition) is 0. The average Bonchev–Trinajstić information content (AvgIpc) is 2.86. The summed E-state index contributed by atoms with van der Waals surface area (Å²) < 4.78 is 1.70. The number of aromatic nitrogens is 2. The Balaban J connectivity index is 2.11. The van der Waals surface area contributed by atoms with E-state index in [4.69, 9.17) is 11.6 Å². The zero-order valence-corrected chi connectivity index (χ0v) is 12.9. The van der Waals surface area contributed by atoms with E-state index in [0.717, 1.165) is 0 Å². The van der Waals surface area contributed by atoms with Gasteiger partial charge in [-0.05, 0) is 19.1 Å². The van der Waals surface area contributed by atoms with Crippen LogP contribution < -0.4 is 0 Å². The van der Waals surface area contributed by atoms with Gasteiger partial charge in [-0.3, -0.25) is 19.6 Å². The molecule has 2 aromatic rings. The van der Waals surface area contributed by atoms with E-state index in [-0.39, 0.29) is 18.1 Å². The van der Waals surface area contributed by atoms with Crippen molar-refractivity contribution in [3.63, 3.8) is 0 Å². The molecule has 0 bridgehead atoms. The number of non-ortho nitro benzene ring substituents is 1. The van der Waals surface area contributed by atoms with Crippen molar-refractivity contribution in [2.24, 2.45) is 0 Å². The monoisotopic (exact) mass is 322 g/mol. The van der Waals surface area contributed by atoms with Crippen molar-refractivity contribution in [3.8, 4) is 0 Å². The Morgan fingerprint density at radius 2 is 2.05 bits per heavy atom. The van der Waals surface area contributed by atoms with Crippen LogP contribution in [-0.4, -0.2) is 32.6 Å². The lowest BCUT2D eigenvalue weighted by Gasteiger charge is -2.16. The van der Waals surface area contributed by atoms with Crippen molar-refractivity contribution in [2.75, 3.05) is 7.05 Å². The van der Waals surface area contributed by atoms with Gasteiger partial charge in [-0.1, -0.05) is 11.6 Å². The number of rotatable bonds is 5. The Kier molecular flexibility index (Phi) is 4.77. The van der Waals surface area contributed by atoms with Crippen molar-refractivity contribution in [2.45, 2.75) is 20.0 Å². The highest BCUT2D eigenvalue weighted by atomic mass is 35.5. The normalized spacial score (nSPS) is 10.5. The van der Waals surface area contributed by atoms with Crippen molar-refractivity contribution >= 4 is 23.2 Å². The molecule has 7 nitrogen and oxygen atoms in total. The van der Waals surface area contributed by atoms with E-state index in [1.807, 2.05) is 6.92 Å². The minimum absolute atomic E-state index is 0.0519. The zero-order valence-electron chi connectivity index (χ0n) is 12.2. The first-order valence-corrected chi connectivity index (χ1v) is 7.02. The molecule has 116 valence electrons. The Morgan fingerprint density at radius 1 is 1.41 bits per heavy atom. The number of carbonyl (C=O) groups is 1. The molecule has 0 aliphatic carbocycles. The summed E-state index contributed by atoms with van der Waals surface area (Å²) in [5.74, 6) is -0.253. The van der Waals surface area contributed by atoms with Gasteiger partial charge in [0, 0.05) is 37.5 Å². The third kappa shape index (κ3) is 3.43. The van der Waals surface area contributed by atoms with Gasteiger partial charge < -0.3 is 4.90 Å². The first-order chi connectivity index (χ1) is 10.4. The second-order valence-electron chi connectivity index (χ2n) is 4.74. The van der Waals surface area contributed by atoms with Gasteiger partial charge in [0.2, 0.25) is 0 Å². The number of aryl methyl sites for hydroxylation is 1. The fourth-order valence-corrected chi connectivity index (χ4v) is 2.16. The molecule has 8 heteroatoms. The number of nitrogens with zero attached hydrogens (tertiary/aromatic N) is 4. The van der Waals surface area contributed by atoms with Gasteiger partial charge >= 0.3 is 0 Å². The van der Waals surface area contributed by atoms with E-state index < -0.39 is 4.92 Å². The molecule has 0 aliphatic rings. The lowest BCUT2D eigenvalue weighted by Crippen LogP contribution is -2.26. The molecular weight excluding hydrogens is 308 g/mol. The lowest BCUT2D eigenvalue weighted by molar-refractivity contribution is -0.384. The molecule has 0 saturated heterocycles. The zero-order chi connectivity index (χ0) is 16.3. The molecule has 0 N–H and O–H groups in total. The smallest absolute Gasteiger partial charge is 0.269 e. The summed E-state index contributed by atoms with van der Waals surface area (Å²) in [7, 11) is 1.63. The molecule has 1 aromatic carbocycles. The summed E-state index contributed by atoms with van der Waals surface area (Å²) in [6.45, 7) is 2.90. The van der Waals surface area contributed by atoms with Crippen molar-refractivity contribution in [3.05, 3.63) is 56.9 Å². The molecule has 0 fully saturated rings. The van der Waals surface area contributed by atoms with E-state index in [1.54, 1.807) is 17.9 Å². The molecule has 1 amide bonds. The van der Waals surface area contributed by atoms with Gasteiger partial charge in [0.25, 0.3) is 11.6 Å². The molecule has 0 aliphatic heterocycles. The van der Waals surface area contributed by atoms with Crippen LogP contribution in [0.4, 0.5) is 5.69 Å². The number of carbonyl (C=O) groups excluding carboxylic acids is 1. The highest BCUT2D eigenvalue weighted by Crippen LogP contribution is 2.18. The summed E-state index contributed by atoms with van der Waals surface area (Å²) in [5.41, 5.74) is 0.935. The number of nitro groups is 1. The molecule has 0 saturated carbocycles. The Labute approximate surface area is 132 Å². The molecule has 0 unspecified atom stereocenters. The van der Waals surface area contributed by atoms with Gasteiger partial charge in [0.15, 0.2) is 0 Å². The van der Waals surface area contributed by atoms with Crippen LogP contribution in [0.15, 0.2) is 30.5 Å². The molecule has 0 atom stereocenters. The minimum Gasteiger partial charge on any atom is -0.336 e. The highest BCUT2D eigenvalue weighted by molar-refractivity contribution is 6.31. The number of hydrogen-bond acceptors (Lipinski definition) is 4. The second kappa shape index (κ2) is 6.57. The Hall–Kier alpha value is -2.41. The predicted octanol–water partition coefficient (Wildman–Crippen LogP) is 2.74. The third-order valence-electron chi connectivity index (χ3n) is 3.17. The molecule has 1 heterocycles. The molecule has 2 rings (SSSR count). The first kappa shape index (κ1) is 16.0. The average molecular weight is 323 g/mol. The Bertz CT molecular complexity index is 697. The summed E-state index contributed by atoms with van der Waals surface area (Å²) in [5, 5.41) is 15.4. The van der Waals surface area contributed by atoms with Gasteiger partial charge in [0.05, 0.1) is 16.5 Å². The Morgan fingerprint density at radius 3 is 2.55 bits per heavy atom. The van der Waals surface area contributed by atoms with Crippen LogP contribution in [0, 0.1) is 10.1 Å². The summed E-state index contributed by atoms with van der Waals surface area (Å²) in [4.78, 5) is 23.9. The number of nitro benzene ring substituents is 1. The van der Waals surface area contributed by atoms with E-state index >= 15 is 0 Å². The van der Waals surface area contributed by atoms with E-state index in [0.29, 0.717) is 22.8 Å². The van der Waals surface area contributed by atoms with Crippen LogP contribution in [0.2, 0.25) is 5.02 Å². The van der Waals surface area contributed by atoms with E-state index in [1.165, 1.54) is 29.2 Å². The van der Waals surface area contributed by atoms with Gasteiger partial charge in [-0.15, -0.1) is 0 Å². The summed E-state index contributed by atoms with van der Waals surface area (Å²) in [6.07, 6.45) is 1.71. The fraction of sp³-hybridized carbons (Fsp3) is 0.286. The largest absolute Gasteiger partial charge is 0.336 e. The maximum absolute atomic E-state index is 12.3. The van der Waals surface area contributed by atoms with Crippen LogP contribution in [0.3, 0.4) is 0 Å². The molecule has 1 aromatic heterocycles. The lowest BCUT2D eigenvalue weighted by atomic mass is 10.2. The van der Waals surface area contributed by atoms with Gasteiger partial charge in [0.1, 0.15) is 5.69 Å².